The fourth-order valence-corrected chi connectivity index (χ4v) is 3.54. The lowest BCUT2D eigenvalue weighted by Crippen LogP contribution is -2.50. The lowest BCUT2D eigenvalue weighted by Gasteiger charge is -2.35. The number of benzene rings is 1. The Kier molecular flexibility index (Phi) is 6.24. The van der Waals surface area contributed by atoms with Gasteiger partial charge in [-0.05, 0) is 0 Å². The molecule has 0 unspecified atom stereocenters. The van der Waals surface area contributed by atoms with Crippen molar-refractivity contribution in [1.29, 1.82) is 0 Å². The lowest BCUT2D eigenvalue weighted by atomic mass is 10.2. The van der Waals surface area contributed by atoms with Crippen molar-refractivity contribution in [3.63, 3.8) is 0 Å². The second kappa shape index (κ2) is 9.41. The van der Waals surface area contributed by atoms with E-state index in [0.717, 1.165) is 11.6 Å². The molecule has 32 heavy (non-hydrogen) atoms. The Morgan fingerprint density at radius 3 is 2.22 bits per heavy atom. The molecule has 0 bridgehead atoms. The van der Waals surface area contributed by atoms with E-state index in [9.17, 15) is 4.79 Å². The average molecular weight is 439 g/mol. The topological polar surface area (TPSA) is 107 Å². The second-order valence-corrected chi connectivity index (χ2v) is 7.02. The number of carbonyl (C=O) groups excluding carboxylic acids is 1. The fraction of sp³-hybridized carbons (Fsp3) is 0.333. The number of methoxy groups -OCH3 is 3. The van der Waals surface area contributed by atoms with Crippen LogP contribution >= 0.6 is 0 Å². The molecule has 168 valence electrons. The minimum absolute atomic E-state index is 0.194. The molecule has 11 heteroatoms. The molecule has 4 rings (SSSR count). The van der Waals surface area contributed by atoms with Gasteiger partial charge < -0.3 is 29.3 Å². The first-order chi connectivity index (χ1) is 15.6. The molecular formula is C21H25N7O4. The van der Waals surface area contributed by atoms with Crippen LogP contribution in [0.2, 0.25) is 0 Å². The standard InChI is InChI=1S/C21H25N7O4/c1-30-16-10-15(11-17(31-2)20(16)32-3)25-21(29)27-8-6-26(7-9-27)18-12-19(24-13-23-18)28-5-4-22-14-28/h4-5,10-14H,6-9H2,1-3H3,(H,25,29). The van der Waals surface area contributed by atoms with Crippen molar-refractivity contribution in [1.82, 2.24) is 24.4 Å². The number of urea groups is 1. The van der Waals surface area contributed by atoms with E-state index in [1.807, 2.05) is 16.8 Å². The van der Waals surface area contributed by atoms with Crippen molar-refractivity contribution in [2.24, 2.45) is 0 Å². The van der Waals surface area contributed by atoms with Gasteiger partial charge in [0.05, 0.1) is 27.0 Å². The van der Waals surface area contributed by atoms with E-state index in [4.69, 9.17) is 14.2 Å². The highest BCUT2D eigenvalue weighted by molar-refractivity contribution is 5.90. The van der Waals surface area contributed by atoms with E-state index < -0.39 is 0 Å². The molecule has 2 amide bonds. The Bertz CT molecular complexity index is 1040. The molecular weight excluding hydrogens is 414 g/mol. The van der Waals surface area contributed by atoms with Crippen LogP contribution in [0.4, 0.5) is 16.3 Å². The molecule has 0 atom stereocenters. The summed E-state index contributed by atoms with van der Waals surface area (Å²) in [4.78, 5) is 29.4. The zero-order chi connectivity index (χ0) is 22.5. The van der Waals surface area contributed by atoms with Crippen LogP contribution in [0, 0.1) is 0 Å². The molecule has 2 aromatic heterocycles. The molecule has 11 nitrogen and oxygen atoms in total. The quantitative estimate of drug-likeness (QED) is 0.622. The summed E-state index contributed by atoms with van der Waals surface area (Å²) in [6, 6.07) is 5.12. The SMILES string of the molecule is COc1cc(NC(=O)N2CCN(c3cc(-n4ccnc4)ncn3)CC2)cc(OC)c1OC. The predicted molar refractivity (Wildman–Crippen MR) is 118 cm³/mol. The molecule has 1 fully saturated rings. The van der Waals surface area contributed by atoms with Crippen LogP contribution in [0.5, 0.6) is 17.2 Å². The minimum Gasteiger partial charge on any atom is -0.493 e. The summed E-state index contributed by atoms with van der Waals surface area (Å²) in [7, 11) is 4.61. The van der Waals surface area contributed by atoms with Gasteiger partial charge in [0.25, 0.3) is 0 Å². The number of amides is 2. The third-order valence-electron chi connectivity index (χ3n) is 5.21. The average Bonchev–Trinajstić information content (AvgIpc) is 3.38. The van der Waals surface area contributed by atoms with E-state index >= 15 is 0 Å². The summed E-state index contributed by atoms with van der Waals surface area (Å²) in [6.45, 7) is 2.42. The van der Waals surface area contributed by atoms with Gasteiger partial charge in [-0.2, -0.15) is 0 Å². The number of rotatable bonds is 6. The first kappa shape index (κ1) is 21.2. The molecule has 1 aliphatic heterocycles. The highest BCUT2D eigenvalue weighted by atomic mass is 16.5. The van der Waals surface area contributed by atoms with Gasteiger partial charge in [-0.25, -0.2) is 19.7 Å². The van der Waals surface area contributed by atoms with E-state index in [1.165, 1.54) is 27.7 Å². The molecule has 0 aliphatic carbocycles. The van der Waals surface area contributed by atoms with Crippen molar-refractivity contribution in [2.75, 3.05) is 57.7 Å². The van der Waals surface area contributed by atoms with Crippen molar-refractivity contribution in [2.45, 2.75) is 0 Å². The van der Waals surface area contributed by atoms with Gasteiger partial charge in [-0.15, -0.1) is 0 Å². The predicted octanol–water partition coefficient (Wildman–Crippen LogP) is 2.04. The highest BCUT2D eigenvalue weighted by Crippen LogP contribution is 2.40. The van der Waals surface area contributed by atoms with Gasteiger partial charge in [0.15, 0.2) is 11.5 Å². The first-order valence-electron chi connectivity index (χ1n) is 10.0. The number of nitrogens with zero attached hydrogens (tertiary/aromatic N) is 6. The van der Waals surface area contributed by atoms with Gasteiger partial charge in [-0.3, -0.25) is 4.57 Å². The molecule has 3 aromatic rings. The number of carbonyl (C=O) groups is 1. The largest absolute Gasteiger partial charge is 0.493 e. The minimum atomic E-state index is -0.194. The van der Waals surface area contributed by atoms with Gasteiger partial charge in [0, 0.05) is 56.8 Å². The first-order valence-corrected chi connectivity index (χ1v) is 10.0. The zero-order valence-electron chi connectivity index (χ0n) is 18.2. The number of imidazole rings is 1. The van der Waals surface area contributed by atoms with Crippen LogP contribution in [-0.2, 0) is 0 Å². The van der Waals surface area contributed by atoms with Crippen molar-refractivity contribution in [3.05, 3.63) is 43.2 Å². The Labute approximate surface area is 185 Å². The lowest BCUT2D eigenvalue weighted by molar-refractivity contribution is 0.208. The molecule has 0 saturated carbocycles. The van der Waals surface area contributed by atoms with Crippen LogP contribution in [0.25, 0.3) is 5.82 Å². The Morgan fingerprint density at radius 1 is 0.938 bits per heavy atom. The van der Waals surface area contributed by atoms with E-state index in [2.05, 4.69) is 25.2 Å². The summed E-state index contributed by atoms with van der Waals surface area (Å²) in [5, 5.41) is 2.91. The third-order valence-corrected chi connectivity index (χ3v) is 5.21. The van der Waals surface area contributed by atoms with Crippen LogP contribution in [0.15, 0.2) is 43.2 Å². The molecule has 1 saturated heterocycles. The van der Waals surface area contributed by atoms with Crippen molar-refractivity contribution >= 4 is 17.5 Å². The molecule has 1 N–H and O–H groups in total. The van der Waals surface area contributed by atoms with Crippen molar-refractivity contribution in [3.8, 4) is 23.1 Å². The number of anilines is 2. The second-order valence-electron chi connectivity index (χ2n) is 7.02. The molecule has 3 heterocycles. The highest BCUT2D eigenvalue weighted by Gasteiger charge is 2.23. The van der Waals surface area contributed by atoms with E-state index in [-0.39, 0.29) is 6.03 Å². The number of piperazine rings is 1. The maximum absolute atomic E-state index is 12.8. The maximum Gasteiger partial charge on any atom is 0.321 e. The maximum atomic E-state index is 12.8. The number of aromatic nitrogens is 4. The summed E-state index contributed by atoms with van der Waals surface area (Å²) in [5.41, 5.74) is 0.563. The Morgan fingerprint density at radius 2 is 1.62 bits per heavy atom. The monoisotopic (exact) mass is 439 g/mol. The van der Waals surface area contributed by atoms with Crippen LogP contribution in [0.3, 0.4) is 0 Å². The third kappa shape index (κ3) is 4.36. The number of hydrogen-bond acceptors (Lipinski definition) is 8. The normalized spacial score (nSPS) is 13.6. The van der Waals surface area contributed by atoms with Crippen LogP contribution in [-0.4, -0.2) is 78.0 Å². The van der Waals surface area contributed by atoms with Crippen molar-refractivity contribution < 1.29 is 19.0 Å². The molecule has 0 spiro atoms. The number of nitrogens with one attached hydrogen (secondary N) is 1. The van der Waals surface area contributed by atoms with Crippen LogP contribution < -0.4 is 24.4 Å². The summed E-state index contributed by atoms with van der Waals surface area (Å²) < 4.78 is 17.9. The van der Waals surface area contributed by atoms with Gasteiger partial charge in [0.2, 0.25) is 5.75 Å². The van der Waals surface area contributed by atoms with Gasteiger partial charge >= 0.3 is 6.03 Å². The molecule has 0 radical (unpaired) electrons. The van der Waals surface area contributed by atoms with Gasteiger partial charge in [0.1, 0.15) is 24.3 Å². The van der Waals surface area contributed by atoms with Gasteiger partial charge in [-0.1, -0.05) is 0 Å². The molecule has 1 aromatic carbocycles. The molecule has 1 aliphatic rings. The summed E-state index contributed by atoms with van der Waals surface area (Å²) in [5.74, 6) is 2.99. The Hall–Kier alpha value is -4.02. The zero-order valence-corrected chi connectivity index (χ0v) is 18.2. The smallest absolute Gasteiger partial charge is 0.321 e. The number of ether oxygens (including phenoxy) is 3. The van der Waals surface area contributed by atoms with E-state index in [0.29, 0.717) is 49.1 Å². The number of hydrogen-bond donors (Lipinski definition) is 1. The van der Waals surface area contributed by atoms with Crippen LogP contribution in [0.1, 0.15) is 0 Å². The summed E-state index contributed by atoms with van der Waals surface area (Å²) in [6.07, 6.45) is 6.76. The fourth-order valence-electron chi connectivity index (χ4n) is 3.54. The summed E-state index contributed by atoms with van der Waals surface area (Å²) >= 11 is 0. The Balaban J connectivity index is 1.40. The van der Waals surface area contributed by atoms with E-state index in [1.54, 1.807) is 29.6 Å².